The molecule has 7 nitrogen and oxygen atoms in total. The molecule has 3 rings (SSSR count). The summed E-state index contributed by atoms with van der Waals surface area (Å²) in [5, 5.41) is 10.9. The first-order valence-corrected chi connectivity index (χ1v) is 9.23. The summed E-state index contributed by atoms with van der Waals surface area (Å²) in [6, 6.07) is 8.23. The number of nitrogens with one attached hydrogen (secondary N) is 2. The standard InChI is InChI=1S/C20H26N6O.HI/c1-4-17-16(19(5-2)27-25-17)13-24-20(21-3)23-12-15-8-6-7-9-18(15)26-11-10-22-14-26;/h6-11,14H,4-5,12-13H2,1-3H3,(H2,21,23,24);1H. The first-order chi connectivity index (χ1) is 13.3. The highest BCUT2D eigenvalue weighted by Gasteiger charge is 2.13. The Morgan fingerprint density at radius 3 is 2.61 bits per heavy atom. The quantitative estimate of drug-likeness (QED) is 0.299. The van der Waals surface area contributed by atoms with Gasteiger partial charge in [0.15, 0.2) is 5.96 Å². The van der Waals surface area contributed by atoms with E-state index in [0.717, 1.165) is 47.1 Å². The number of hydrogen-bond donors (Lipinski definition) is 2. The van der Waals surface area contributed by atoms with E-state index in [4.69, 9.17) is 4.52 Å². The van der Waals surface area contributed by atoms with Crippen LogP contribution in [0.25, 0.3) is 5.69 Å². The van der Waals surface area contributed by atoms with E-state index >= 15 is 0 Å². The molecule has 0 aliphatic carbocycles. The average molecular weight is 494 g/mol. The lowest BCUT2D eigenvalue weighted by molar-refractivity contribution is 0.380. The van der Waals surface area contributed by atoms with Crippen molar-refractivity contribution in [1.29, 1.82) is 0 Å². The molecule has 2 aromatic heterocycles. The van der Waals surface area contributed by atoms with Gasteiger partial charge in [0.2, 0.25) is 0 Å². The van der Waals surface area contributed by atoms with Gasteiger partial charge in [-0.2, -0.15) is 0 Å². The van der Waals surface area contributed by atoms with Crippen molar-refractivity contribution >= 4 is 29.9 Å². The van der Waals surface area contributed by atoms with E-state index in [2.05, 4.69) is 51.7 Å². The SMILES string of the molecule is CCc1noc(CC)c1CNC(=NC)NCc1ccccc1-n1ccnc1.I. The maximum atomic E-state index is 5.43. The van der Waals surface area contributed by atoms with Crippen LogP contribution in [0.4, 0.5) is 0 Å². The molecular weight excluding hydrogens is 467 g/mol. The molecule has 0 unspecified atom stereocenters. The molecular formula is C20H27IN6O. The second-order valence-electron chi connectivity index (χ2n) is 6.12. The summed E-state index contributed by atoms with van der Waals surface area (Å²) in [7, 11) is 1.77. The highest BCUT2D eigenvalue weighted by Crippen LogP contribution is 2.16. The monoisotopic (exact) mass is 494 g/mol. The Balaban J connectivity index is 0.00000280. The van der Waals surface area contributed by atoms with Gasteiger partial charge >= 0.3 is 0 Å². The molecule has 0 amide bonds. The Labute approximate surface area is 182 Å². The number of benzene rings is 1. The highest BCUT2D eigenvalue weighted by atomic mass is 127. The average Bonchev–Trinajstić information content (AvgIpc) is 3.38. The normalized spacial score (nSPS) is 11.2. The molecule has 0 saturated heterocycles. The number of rotatable bonds is 7. The molecule has 0 saturated carbocycles. The zero-order chi connectivity index (χ0) is 19.1. The van der Waals surface area contributed by atoms with E-state index in [1.54, 1.807) is 19.6 Å². The Hall–Kier alpha value is -2.36. The molecule has 2 N–H and O–H groups in total. The van der Waals surface area contributed by atoms with Crippen LogP contribution < -0.4 is 10.6 Å². The van der Waals surface area contributed by atoms with E-state index < -0.39 is 0 Å². The number of aliphatic imine (C=N–C) groups is 1. The van der Waals surface area contributed by atoms with Gasteiger partial charge in [0.05, 0.1) is 17.7 Å². The predicted octanol–water partition coefficient (Wildman–Crippen LogP) is 3.47. The lowest BCUT2D eigenvalue weighted by Gasteiger charge is -2.14. The molecule has 1 aromatic carbocycles. The topological polar surface area (TPSA) is 80.3 Å². The predicted molar refractivity (Wildman–Crippen MR) is 121 cm³/mol. The van der Waals surface area contributed by atoms with Crippen LogP contribution in [-0.4, -0.2) is 27.7 Å². The van der Waals surface area contributed by atoms with E-state index in [9.17, 15) is 0 Å². The van der Waals surface area contributed by atoms with Gasteiger partial charge in [-0.25, -0.2) is 4.98 Å². The fraction of sp³-hybridized carbons (Fsp3) is 0.350. The van der Waals surface area contributed by atoms with E-state index in [1.807, 2.05) is 22.9 Å². The summed E-state index contributed by atoms with van der Waals surface area (Å²) in [6.45, 7) is 5.45. The van der Waals surface area contributed by atoms with Gasteiger partial charge in [-0.1, -0.05) is 37.2 Å². The highest BCUT2D eigenvalue weighted by molar-refractivity contribution is 14.0. The van der Waals surface area contributed by atoms with Crippen molar-refractivity contribution < 1.29 is 4.52 Å². The van der Waals surface area contributed by atoms with Gasteiger partial charge < -0.3 is 19.7 Å². The van der Waals surface area contributed by atoms with E-state index in [0.29, 0.717) is 13.1 Å². The molecule has 8 heteroatoms. The maximum absolute atomic E-state index is 5.43. The first kappa shape index (κ1) is 21.9. The third-order valence-electron chi connectivity index (χ3n) is 4.48. The van der Waals surface area contributed by atoms with E-state index in [1.165, 1.54) is 0 Å². The first-order valence-electron chi connectivity index (χ1n) is 9.23. The van der Waals surface area contributed by atoms with Crippen LogP contribution in [-0.2, 0) is 25.9 Å². The molecule has 0 aliphatic heterocycles. The van der Waals surface area contributed by atoms with Crippen molar-refractivity contribution in [3.63, 3.8) is 0 Å². The number of hydrogen-bond acceptors (Lipinski definition) is 4. The van der Waals surface area contributed by atoms with Crippen LogP contribution in [0.2, 0.25) is 0 Å². The van der Waals surface area contributed by atoms with E-state index in [-0.39, 0.29) is 24.0 Å². The van der Waals surface area contributed by atoms with Crippen LogP contribution in [0, 0.1) is 0 Å². The third-order valence-corrected chi connectivity index (χ3v) is 4.48. The zero-order valence-corrected chi connectivity index (χ0v) is 18.8. The van der Waals surface area contributed by atoms with Crippen LogP contribution in [0.15, 0.2) is 52.5 Å². The lowest BCUT2D eigenvalue weighted by Crippen LogP contribution is -2.36. The number of para-hydroxylation sites is 1. The van der Waals surface area contributed by atoms with Crippen molar-refractivity contribution in [3.8, 4) is 5.69 Å². The van der Waals surface area contributed by atoms with Crippen LogP contribution in [0.5, 0.6) is 0 Å². The summed E-state index contributed by atoms with van der Waals surface area (Å²) in [4.78, 5) is 8.46. The second-order valence-corrected chi connectivity index (χ2v) is 6.12. The summed E-state index contributed by atoms with van der Waals surface area (Å²) >= 11 is 0. The summed E-state index contributed by atoms with van der Waals surface area (Å²) in [5.74, 6) is 1.67. The second kappa shape index (κ2) is 10.8. The minimum absolute atomic E-state index is 0. The molecule has 0 bridgehead atoms. The zero-order valence-electron chi connectivity index (χ0n) is 16.5. The molecule has 28 heavy (non-hydrogen) atoms. The van der Waals surface area contributed by atoms with Gasteiger partial charge in [-0.3, -0.25) is 4.99 Å². The fourth-order valence-electron chi connectivity index (χ4n) is 3.02. The van der Waals surface area contributed by atoms with Crippen molar-refractivity contribution in [2.75, 3.05) is 7.05 Å². The number of aryl methyl sites for hydroxylation is 2. The number of nitrogens with zero attached hydrogens (tertiary/aromatic N) is 4. The third kappa shape index (κ3) is 5.12. The summed E-state index contributed by atoms with van der Waals surface area (Å²) in [6.07, 6.45) is 7.20. The Morgan fingerprint density at radius 2 is 1.93 bits per heavy atom. The van der Waals surface area contributed by atoms with Crippen LogP contribution in [0.1, 0.15) is 36.4 Å². The van der Waals surface area contributed by atoms with Crippen LogP contribution >= 0.6 is 24.0 Å². The summed E-state index contributed by atoms with van der Waals surface area (Å²) < 4.78 is 7.43. The van der Waals surface area contributed by atoms with Crippen LogP contribution in [0.3, 0.4) is 0 Å². The van der Waals surface area contributed by atoms with Gasteiger partial charge in [-0.15, -0.1) is 24.0 Å². The number of guanidine groups is 1. The Morgan fingerprint density at radius 1 is 1.14 bits per heavy atom. The number of halogens is 1. The minimum Gasteiger partial charge on any atom is -0.361 e. The molecule has 150 valence electrons. The van der Waals surface area contributed by atoms with Gasteiger partial charge in [0.1, 0.15) is 5.76 Å². The summed E-state index contributed by atoms with van der Waals surface area (Å²) in [5.41, 5.74) is 4.38. The lowest BCUT2D eigenvalue weighted by atomic mass is 10.1. The minimum atomic E-state index is 0. The molecule has 0 aliphatic rings. The molecule has 0 atom stereocenters. The maximum Gasteiger partial charge on any atom is 0.191 e. The van der Waals surface area contributed by atoms with Crippen molar-refractivity contribution in [3.05, 3.63) is 65.6 Å². The molecule has 2 heterocycles. The Bertz CT molecular complexity index is 867. The van der Waals surface area contributed by atoms with Gasteiger partial charge in [-0.05, 0) is 18.1 Å². The van der Waals surface area contributed by atoms with Crippen molar-refractivity contribution in [1.82, 2.24) is 25.3 Å². The molecule has 0 fully saturated rings. The van der Waals surface area contributed by atoms with Gasteiger partial charge in [0.25, 0.3) is 0 Å². The number of aromatic nitrogens is 3. The largest absolute Gasteiger partial charge is 0.361 e. The Kier molecular flexibility index (Phi) is 8.49. The molecule has 0 radical (unpaired) electrons. The van der Waals surface area contributed by atoms with Crippen molar-refractivity contribution in [2.45, 2.75) is 39.8 Å². The smallest absolute Gasteiger partial charge is 0.191 e. The fourth-order valence-corrected chi connectivity index (χ4v) is 3.02. The van der Waals surface area contributed by atoms with Crippen molar-refractivity contribution in [2.24, 2.45) is 4.99 Å². The number of imidazole rings is 1. The molecule has 3 aromatic rings. The molecule has 0 spiro atoms. The van der Waals surface area contributed by atoms with Gasteiger partial charge in [0, 0.05) is 44.5 Å².